The highest BCUT2D eigenvalue weighted by molar-refractivity contribution is 5.25. The molecule has 4 heteroatoms. The van der Waals surface area contributed by atoms with Crippen LogP contribution in [0.4, 0.5) is 0 Å². The molecule has 0 aliphatic heterocycles. The molecule has 0 unspecified atom stereocenters. The van der Waals surface area contributed by atoms with Crippen molar-refractivity contribution in [1.29, 1.82) is 0 Å². The first kappa shape index (κ1) is 10.4. The van der Waals surface area contributed by atoms with Crippen LogP contribution in [0.15, 0.2) is 6.20 Å². The molecule has 2 rings (SSSR count). The van der Waals surface area contributed by atoms with Crippen molar-refractivity contribution in [2.45, 2.75) is 38.1 Å². The Kier molecular flexibility index (Phi) is 2.61. The fourth-order valence-corrected chi connectivity index (χ4v) is 1.63. The Hall–Kier alpha value is -1.16. The molecule has 0 spiro atoms. The first-order valence-corrected chi connectivity index (χ1v) is 5.28. The summed E-state index contributed by atoms with van der Waals surface area (Å²) in [4.78, 5) is 8.49. The topological polar surface area (TPSA) is 61.0 Å². The summed E-state index contributed by atoms with van der Waals surface area (Å²) < 4.78 is 5.22. The minimum Gasteiger partial charge on any atom is -0.493 e. The lowest BCUT2D eigenvalue weighted by Gasteiger charge is -2.10. The SMILES string of the molecule is COc1cnc(C)nc1CCC1(N)CC1. The van der Waals surface area contributed by atoms with Crippen molar-refractivity contribution >= 4 is 0 Å². The third-order valence-electron chi connectivity index (χ3n) is 2.92. The van der Waals surface area contributed by atoms with Crippen molar-refractivity contribution in [3.63, 3.8) is 0 Å². The number of aromatic nitrogens is 2. The molecular formula is C11H17N3O. The van der Waals surface area contributed by atoms with Crippen LogP contribution in [0.3, 0.4) is 0 Å². The quantitative estimate of drug-likeness (QED) is 0.806. The normalized spacial score (nSPS) is 17.5. The van der Waals surface area contributed by atoms with E-state index in [1.807, 2.05) is 6.92 Å². The zero-order chi connectivity index (χ0) is 10.9. The fourth-order valence-electron chi connectivity index (χ4n) is 1.63. The van der Waals surface area contributed by atoms with Gasteiger partial charge in [0.2, 0.25) is 0 Å². The van der Waals surface area contributed by atoms with Crippen LogP contribution in [0.1, 0.15) is 30.8 Å². The Morgan fingerprint density at radius 3 is 2.87 bits per heavy atom. The molecule has 0 amide bonds. The molecular weight excluding hydrogens is 190 g/mol. The van der Waals surface area contributed by atoms with Gasteiger partial charge < -0.3 is 10.5 Å². The first-order chi connectivity index (χ1) is 7.13. The van der Waals surface area contributed by atoms with Gasteiger partial charge in [0.15, 0.2) is 5.75 Å². The van der Waals surface area contributed by atoms with Gasteiger partial charge in [0.1, 0.15) is 5.82 Å². The second kappa shape index (κ2) is 3.77. The molecule has 4 nitrogen and oxygen atoms in total. The summed E-state index contributed by atoms with van der Waals surface area (Å²) in [7, 11) is 1.65. The van der Waals surface area contributed by atoms with E-state index in [-0.39, 0.29) is 5.54 Å². The van der Waals surface area contributed by atoms with E-state index in [4.69, 9.17) is 10.5 Å². The van der Waals surface area contributed by atoms with Crippen LogP contribution in [0.5, 0.6) is 5.75 Å². The second-order valence-electron chi connectivity index (χ2n) is 4.29. The van der Waals surface area contributed by atoms with Crippen LogP contribution in [0, 0.1) is 6.92 Å². The molecule has 0 bridgehead atoms. The standard InChI is InChI=1S/C11H17N3O/c1-8-13-7-10(15-2)9(14-8)3-4-11(12)5-6-11/h7H,3-6,12H2,1-2H3. The van der Waals surface area contributed by atoms with E-state index >= 15 is 0 Å². The number of aryl methyl sites for hydroxylation is 2. The zero-order valence-electron chi connectivity index (χ0n) is 9.29. The molecule has 1 aromatic heterocycles. The van der Waals surface area contributed by atoms with Crippen LogP contribution >= 0.6 is 0 Å². The molecule has 1 heterocycles. The van der Waals surface area contributed by atoms with Gasteiger partial charge in [-0.2, -0.15) is 0 Å². The van der Waals surface area contributed by atoms with E-state index in [2.05, 4.69) is 9.97 Å². The number of methoxy groups -OCH3 is 1. The molecule has 1 aliphatic rings. The predicted molar refractivity (Wildman–Crippen MR) is 57.8 cm³/mol. The van der Waals surface area contributed by atoms with E-state index in [1.165, 1.54) is 0 Å². The van der Waals surface area contributed by atoms with Crippen molar-refractivity contribution in [1.82, 2.24) is 9.97 Å². The van der Waals surface area contributed by atoms with Gasteiger partial charge in [-0.25, -0.2) is 9.97 Å². The maximum atomic E-state index is 6.04. The Balaban J connectivity index is 2.08. The lowest BCUT2D eigenvalue weighted by molar-refractivity contribution is 0.401. The summed E-state index contributed by atoms with van der Waals surface area (Å²) in [5.74, 6) is 1.55. The van der Waals surface area contributed by atoms with Gasteiger partial charge in [-0.05, 0) is 32.6 Å². The molecule has 1 saturated carbocycles. The highest BCUT2D eigenvalue weighted by Gasteiger charge is 2.37. The third-order valence-corrected chi connectivity index (χ3v) is 2.92. The number of nitrogens with two attached hydrogens (primary N) is 1. The third kappa shape index (κ3) is 2.45. The van der Waals surface area contributed by atoms with Gasteiger partial charge in [-0.15, -0.1) is 0 Å². The van der Waals surface area contributed by atoms with Crippen molar-refractivity contribution in [2.24, 2.45) is 5.73 Å². The van der Waals surface area contributed by atoms with Gasteiger partial charge in [0.05, 0.1) is 19.0 Å². The minimum absolute atomic E-state index is 0.0733. The molecule has 1 aliphatic carbocycles. The monoisotopic (exact) mass is 207 g/mol. The van der Waals surface area contributed by atoms with Crippen LogP contribution in [-0.2, 0) is 6.42 Å². The van der Waals surface area contributed by atoms with Gasteiger partial charge in [-0.3, -0.25) is 0 Å². The van der Waals surface area contributed by atoms with Crippen molar-refractivity contribution in [2.75, 3.05) is 7.11 Å². The number of hydrogen-bond acceptors (Lipinski definition) is 4. The molecule has 0 radical (unpaired) electrons. The average Bonchev–Trinajstić information content (AvgIpc) is 2.95. The highest BCUT2D eigenvalue weighted by atomic mass is 16.5. The van der Waals surface area contributed by atoms with Crippen molar-refractivity contribution in [3.8, 4) is 5.75 Å². The lowest BCUT2D eigenvalue weighted by atomic mass is 10.1. The van der Waals surface area contributed by atoms with E-state index in [1.54, 1.807) is 13.3 Å². The maximum absolute atomic E-state index is 6.04. The van der Waals surface area contributed by atoms with Gasteiger partial charge >= 0.3 is 0 Å². The van der Waals surface area contributed by atoms with Crippen molar-refractivity contribution in [3.05, 3.63) is 17.7 Å². The van der Waals surface area contributed by atoms with Crippen molar-refractivity contribution < 1.29 is 4.74 Å². The van der Waals surface area contributed by atoms with Crippen LogP contribution < -0.4 is 10.5 Å². The Labute approximate surface area is 89.9 Å². The Morgan fingerprint density at radius 2 is 2.27 bits per heavy atom. The number of ether oxygens (including phenoxy) is 1. The molecule has 1 aromatic rings. The predicted octanol–water partition coefficient (Wildman–Crippen LogP) is 1.22. The Bertz CT molecular complexity index is 361. The lowest BCUT2D eigenvalue weighted by Crippen LogP contribution is -2.22. The minimum atomic E-state index is 0.0733. The molecule has 15 heavy (non-hydrogen) atoms. The average molecular weight is 207 g/mol. The largest absolute Gasteiger partial charge is 0.493 e. The number of rotatable bonds is 4. The zero-order valence-corrected chi connectivity index (χ0v) is 9.29. The van der Waals surface area contributed by atoms with Crippen LogP contribution in [0.2, 0.25) is 0 Å². The molecule has 0 aromatic carbocycles. The van der Waals surface area contributed by atoms with E-state index < -0.39 is 0 Å². The van der Waals surface area contributed by atoms with E-state index in [0.717, 1.165) is 43.0 Å². The second-order valence-corrected chi connectivity index (χ2v) is 4.29. The number of nitrogens with zero attached hydrogens (tertiary/aromatic N) is 2. The smallest absolute Gasteiger partial charge is 0.158 e. The molecule has 82 valence electrons. The maximum Gasteiger partial charge on any atom is 0.158 e. The summed E-state index contributed by atoms with van der Waals surface area (Å²) in [6.07, 6.45) is 5.87. The molecule has 0 atom stereocenters. The van der Waals surface area contributed by atoms with Crippen LogP contribution in [-0.4, -0.2) is 22.6 Å². The number of hydrogen-bond donors (Lipinski definition) is 1. The van der Waals surface area contributed by atoms with E-state index in [0.29, 0.717) is 0 Å². The van der Waals surface area contributed by atoms with Gasteiger partial charge in [0, 0.05) is 5.54 Å². The summed E-state index contributed by atoms with van der Waals surface area (Å²) in [6.45, 7) is 1.89. The Morgan fingerprint density at radius 1 is 1.53 bits per heavy atom. The van der Waals surface area contributed by atoms with E-state index in [9.17, 15) is 0 Å². The highest BCUT2D eigenvalue weighted by Crippen LogP contribution is 2.37. The molecule has 0 saturated heterocycles. The molecule has 1 fully saturated rings. The summed E-state index contributed by atoms with van der Waals surface area (Å²) in [5, 5.41) is 0. The summed E-state index contributed by atoms with van der Waals surface area (Å²) in [6, 6.07) is 0. The molecule has 2 N–H and O–H groups in total. The summed E-state index contributed by atoms with van der Waals surface area (Å²) in [5.41, 5.74) is 7.09. The fraction of sp³-hybridized carbons (Fsp3) is 0.636. The first-order valence-electron chi connectivity index (χ1n) is 5.28. The van der Waals surface area contributed by atoms with Gasteiger partial charge in [0.25, 0.3) is 0 Å². The van der Waals surface area contributed by atoms with Crippen LogP contribution in [0.25, 0.3) is 0 Å². The van der Waals surface area contributed by atoms with Gasteiger partial charge in [-0.1, -0.05) is 0 Å². The summed E-state index contributed by atoms with van der Waals surface area (Å²) >= 11 is 0.